The third kappa shape index (κ3) is 2.53. The molecule has 0 saturated carbocycles. The fraction of sp³-hybridized carbons (Fsp3) is 0.625. The molecule has 1 aromatic heterocycles. The van der Waals surface area contributed by atoms with E-state index < -0.39 is 12.1 Å². The van der Waals surface area contributed by atoms with Gasteiger partial charge >= 0.3 is 5.97 Å². The molecule has 6 heteroatoms. The van der Waals surface area contributed by atoms with Gasteiger partial charge in [-0.15, -0.1) is 5.10 Å². The van der Waals surface area contributed by atoms with Gasteiger partial charge in [0.2, 0.25) is 0 Å². The highest BCUT2D eigenvalue weighted by Crippen LogP contribution is 2.09. The summed E-state index contributed by atoms with van der Waals surface area (Å²) in [4.78, 5) is 10.4. The van der Waals surface area contributed by atoms with E-state index in [0.717, 1.165) is 0 Å². The van der Waals surface area contributed by atoms with E-state index in [9.17, 15) is 4.79 Å². The number of aliphatic carboxylic acids is 1. The lowest BCUT2D eigenvalue weighted by molar-refractivity contribution is -0.147. The average molecular weight is 199 g/mol. The summed E-state index contributed by atoms with van der Waals surface area (Å²) in [5, 5.41) is 24.9. The largest absolute Gasteiger partial charge is 0.479 e. The first-order valence-electron chi connectivity index (χ1n) is 4.31. The minimum absolute atomic E-state index is 0.0677. The molecule has 2 N–H and O–H groups in total. The fourth-order valence-corrected chi connectivity index (χ4v) is 1.03. The van der Waals surface area contributed by atoms with Gasteiger partial charge in [0.15, 0.2) is 6.10 Å². The smallest absolute Gasteiger partial charge is 0.339 e. The van der Waals surface area contributed by atoms with E-state index in [1.165, 1.54) is 10.9 Å². The van der Waals surface area contributed by atoms with Gasteiger partial charge < -0.3 is 10.2 Å². The number of nitrogens with zero attached hydrogens (tertiary/aromatic N) is 3. The Hall–Kier alpha value is -1.43. The van der Waals surface area contributed by atoms with Crippen LogP contribution in [0.4, 0.5) is 0 Å². The second-order valence-corrected chi connectivity index (χ2v) is 3.50. The Morgan fingerprint density at radius 2 is 2.29 bits per heavy atom. The molecule has 0 aliphatic carbocycles. The molecule has 0 fully saturated rings. The molecule has 1 atom stereocenters. The zero-order valence-corrected chi connectivity index (χ0v) is 8.08. The predicted octanol–water partition coefficient (Wildman–Crippen LogP) is 0.0521. The number of carboxylic acid groups (broad SMARTS) is 1. The second-order valence-electron chi connectivity index (χ2n) is 3.50. The molecule has 14 heavy (non-hydrogen) atoms. The Bertz CT molecular complexity index is 321. The predicted molar refractivity (Wildman–Crippen MR) is 47.5 cm³/mol. The van der Waals surface area contributed by atoms with Crippen LogP contribution in [0, 0.1) is 5.92 Å². The van der Waals surface area contributed by atoms with Crippen LogP contribution < -0.4 is 0 Å². The van der Waals surface area contributed by atoms with E-state index >= 15 is 0 Å². The third-order valence-electron chi connectivity index (χ3n) is 1.62. The van der Waals surface area contributed by atoms with Crippen LogP contribution in [-0.4, -0.2) is 31.2 Å². The summed E-state index contributed by atoms with van der Waals surface area (Å²) in [5.74, 6) is -0.923. The van der Waals surface area contributed by atoms with Gasteiger partial charge in [-0.05, 0) is 5.92 Å². The van der Waals surface area contributed by atoms with Gasteiger partial charge in [0.1, 0.15) is 5.69 Å². The average Bonchev–Trinajstić information content (AvgIpc) is 2.50. The maximum Gasteiger partial charge on any atom is 0.339 e. The first-order valence-corrected chi connectivity index (χ1v) is 4.31. The Kier molecular flexibility index (Phi) is 3.19. The number of carbonyl (C=O) groups is 1. The molecule has 0 saturated heterocycles. The zero-order valence-electron chi connectivity index (χ0n) is 8.08. The van der Waals surface area contributed by atoms with Crippen LogP contribution in [0.5, 0.6) is 0 Å². The van der Waals surface area contributed by atoms with Crippen LogP contribution >= 0.6 is 0 Å². The van der Waals surface area contributed by atoms with E-state index in [4.69, 9.17) is 10.2 Å². The van der Waals surface area contributed by atoms with E-state index in [1.54, 1.807) is 0 Å². The van der Waals surface area contributed by atoms with E-state index in [-0.39, 0.29) is 5.69 Å². The van der Waals surface area contributed by atoms with Crippen molar-refractivity contribution in [1.82, 2.24) is 15.0 Å². The van der Waals surface area contributed by atoms with Crippen molar-refractivity contribution in [3.8, 4) is 0 Å². The van der Waals surface area contributed by atoms with Gasteiger partial charge in [0, 0.05) is 6.54 Å². The SMILES string of the molecule is CC(C)Cn1cc(C(O)C(=O)O)nn1. The molecule has 0 aliphatic heterocycles. The molecule has 6 nitrogen and oxygen atoms in total. The van der Waals surface area contributed by atoms with E-state index in [2.05, 4.69) is 10.3 Å². The molecule has 0 bridgehead atoms. The molecule has 0 aromatic carbocycles. The highest BCUT2D eigenvalue weighted by Gasteiger charge is 2.19. The molecule has 78 valence electrons. The van der Waals surface area contributed by atoms with Crippen LogP contribution in [0.15, 0.2) is 6.20 Å². The topological polar surface area (TPSA) is 88.2 Å². The molecule has 0 aliphatic rings. The molecule has 1 rings (SSSR count). The summed E-state index contributed by atoms with van der Waals surface area (Å²) in [7, 11) is 0. The molecule has 0 spiro atoms. The van der Waals surface area contributed by atoms with Crippen molar-refractivity contribution in [3.63, 3.8) is 0 Å². The standard InChI is InChI=1S/C8H13N3O3/c1-5(2)3-11-4-6(9-10-11)7(12)8(13)14/h4-5,7,12H,3H2,1-2H3,(H,13,14). The second kappa shape index (κ2) is 4.19. The summed E-state index contributed by atoms with van der Waals surface area (Å²) in [6, 6.07) is 0. The van der Waals surface area contributed by atoms with E-state index in [0.29, 0.717) is 12.5 Å². The van der Waals surface area contributed by atoms with Gasteiger partial charge in [-0.25, -0.2) is 4.79 Å². The van der Waals surface area contributed by atoms with Crippen molar-refractivity contribution in [2.24, 2.45) is 5.92 Å². The van der Waals surface area contributed by atoms with Gasteiger partial charge in [-0.2, -0.15) is 0 Å². The van der Waals surface area contributed by atoms with Crippen LogP contribution in [0.1, 0.15) is 25.6 Å². The summed E-state index contributed by atoms with van der Waals surface area (Å²) in [6.45, 7) is 4.67. The molecule has 1 unspecified atom stereocenters. The number of hydrogen-bond acceptors (Lipinski definition) is 4. The molecule has 1 aromatic rings. The minimum Gasteiger partial charge on any atom is -0.479 e. The molecule has 1 heterocycles. The third-order valence-corrected chi connectivity index (χ3v) is 1.62. The van der Waals surface area contributed by atoms with E-state index in [1.807, 2.05) is 13.8 Å². The Morgan fingerprint density at radius 1 is 1.64 bits per heavy atom. The Balaban J connectivity index is 2.72. The Labute approximate surface area is 81.2 Å². The number of rotatable bonds is 4. The minimum atomic E-state index is -1.59. The molecule has 0 amide bonds. The van der Waals surface area contributed by atoms with Crippen LogP contribution in [0.25, 0.3) is 0 Å². The number of aromatic nitrogens is 3. The number of aliphatic hydroxyl groups is 1. The number of aliphatic hydroxyl groups excluding tert-OH is 1. The molecular formula is C8H13N3O3. The summed E-state index contributed by atoms with van der Waals surface area (Å²) in [6.07, 6.45) is -0.144. The van der Waals surface area contributed by atoms with Gasteiger partial charge in [0.25, 0.3) is 0 Å². The summed E-state index contributed by atoms with van der Waals surface area (Å²) >= 11 is 0. The van der Waals surface area contributed by atoms with Crippen molar-refractivity contribution >= 4 is 5.97 Å². The van der Waals surface area contributed by atoms with Gasteiger partial charge in [-0.1, -0.05) is 19.1 Å². The quantitative estimate of drug-likeness (QED) is 0.715. The maximum absolute atomic E-state index is 10.4. The highest BCUT2D eigenvalue weighted by molar-refractivity contribution is 5.73. The summed E-state index contributed by atoms with van der Waals surface area (Å²) < 4.78 is 1.52. The van der Waals surface area contributed by atoms with Gasteiger partial charge in [-0.3, -0.25) is 4.68 Å². The number of carboxylic acids is 1. The highest BCUT2D eigenvalue weighted by atomic mass is 16.4. The first kappa shape index (κ1) is 10.6. The van der Waals surface area contributed by atoms with Crippen LogP contribution in [0.2, 0.25) is 0 Å². The lowest BCUT2D eigenvalue weighted by Crippen LogP contribution is -2.10. The van der Waals surface area contributed by atoms with Crippen LogP contribution in [-0.2, 0) is 11.3 Å². The van der Waals surface area contributed by atoms with Crippen molar-refractivity contribution in [2.45, 2.75) is 26.5 Å². The molecule has 0 radical (unpaired) electrons. The first-order chi connectivity index (χ1) is 6.50. The van der Waals surface area contributed by atoms with Gasteiger partial charge in [0.05, 0.1) is 6.20 Å². The summed E-state index contributed by atoms with van der Waals surface area (Å²) in [5.41, 5.74) is 0.0677. The lowest BCUT2D eigenvalue weighted by Gasteiger charge is -2.02. The van der Waals surface area contributed by atoms with Crippen molar-refractivity contribution < 1.29 is 15.0 Å². The van der Waals surface area contributed by atoms with Crippen molar-refractivity contribution in [2.75, 3.05) is 0 Å². The van der Waals surface area contributed by atoms with Crippen LogP contribution in [0.3, 0.4) is 0 Å². The molecular weight excluding hydrogens is 186 g/mol. The fourth-order valence-electron chi connectivity index (χ4n) is 1.03. The monoisotopic (exact) mass is 199 g/mol. The van der Waals surface area contributed by atoms with Crippen molar-refractivity contribution in [1.29, 1.82) is 0 Å². The van der Waals surface area contributed by atoms with Crippen molar-refractivity contribution in [3.05, 3.63) is 11.9 Å². The maximum atomic E-state index is 10.4. The normalized spacial score (nSPS) is 13.1. The Morgan fingerprint density at radius 3 is 2.79 bits per heavy atom. The lowest BCUT2D eigenvalue weighted by atomic mass is 10.2. The zero-order chi connectivity index (χ0) is 10.7. The number of hydrogen-bond donors (Lipinski definition) is 2.